The van der Waals surface area contributed by atoms with E-state index < -0.39 is 10.9 Å². The Morgan fingerprint density at radius 2 is 1.73 bits per heavy atom. The van der Waals surface area contributed by atoms with E-state index in [0.717, 1.165) is 22.9 Å². The van der Waals surface area contributed by atoms with Crippen LogP contribution < -0.4 is 14.2 Å². The van der Waals surface area contributed by atoms with E-state index >= 15 is 0 Å². The minimum Gasteiger partial charge on any atom is -0.497 e. The maximum atomic E-state index is 12.2. The maximum Gasteiger partial charge on any atom is 0.342 e. The molecule has 3 aromatic carbocycles. The van der Waals surface area contributed by atoms with Crippen LogP contribution in [0.15, 0.2) is 76.8 Å². The van der Waals surface area contributed by atoms with Gasteiger partial charge in [0.15, 0.2) is 11.0 Å². The fourth-order valence-electron chi connectivity index (χ4n) is 3.76. The largest absolute Gasteiger partial charge is 0.497 e. The zero-order valence-corrected chi connectivity index (χ0v) is 22.8. The number of hydrogen-bond acceptors (Lipinski definition) is 9. The van der Waals surface area contributed by atoms with Gasteiger partial charge in [-0.2, -0.15) is 0 Å². The Labute approximate surface area is 234 Å². The number of hydrogen-bond donors (Lipinski definition) is 1. The standard InChI is InChI=1S/C28H26N4O7S/c1-4-31-26(20-14-23(37-2)16-24(15-20)38-3)29-30-28(31)40-25(27(33)34)13-19-6-5-7-22(12-19)39-17-18-8-10-21(11-9-18)32(35)36/h5-16H,4,17H2,1-3H3,(H,33,34)/b25-13-. The summed E-state index contributed by atoms with van der Waals surface area (Å²) in [5.41, 5.74) is 2.10. The van der Waals surface area contributed by atoms with Crippen molar-refractivity contribution in [2.45, 2.75) is 25.2 Å². The van der Waals surface area contributed by atoms with Gasteiger partial charge in [-0.3, -0.25) is 10.1 Å². The van der Waals surface area contributed by atoms with Crippen molar-refractivity contribution in [1.82, 2.24) is 14.8 Å². The number of thioether (sulfide) groups is 1. The number of rotatable bonds is 12. The lowest BCUT2D eigenvalue weighted by Gasteiger charge is -2.11. The van der Waals surface area contributed by atoms with E-state index in [1.165, 1.54) is 18.2 Å². The van der Waals surface area contributed by atoms with Crippen LogP contribution in [0.25, 0.3) is 17.5 Å². The second-order valence-electron chi connectivity index (χ2n) is 8.35. The van der Waals surface area contributed by atoms with Gasteiger partial charge < -0.3 is 23.9 Å². The van der Waals surface area contributed by atoms with Crippen molar-refractivity contribution in [3.63, 3.8) is 0 Å². The van der Waals surface area contributed by atoms with Crippen LogP contribution in [0.4, 0.5) is 5.69 Å². The van der Waals surface area contributed by atoms with E-state index in [1.807, 2.05) is 23.6 Å². The van der Waals surface area contributed by atoms with Crippen molar-refractivity contribution in [1.29, 1.82) is 0 Å². The number of nitro groups is 1. The van der Waals surface area contributed by atoms with Crippen LogP contribution in [0.1, 0.15) is 18.1 Å². The van der Waals surface area contributed by atoms with Crippen molar-refractivity contribution in [2.75, 3.05) is 14.2 Å². The zero-order chi connectivity index (χ0) is 28.6. The number of carboxylic acid groups (broad SMARTS) is 1. The second kappa shape index (κ2) is 12.8. The number of aromatic nitrogens is 3. The highest BCUT2D eigenvalue weighted by Gasteiger charge is 2.19. The van der Waals surface area contributed by atoms with E-state index in [9.17, 15) is 20.0 Å². The third kappa shape index (κ3) is 6.77. The van der Waals surface area contributed by atoms with E-state index in [2.05, 4.69) is 10.2 Å². The predicted octanol–water partition coefficient (Wildman–Crippen LogP) is 5.69. The Kier molecular flexibility index (Phi) is 9.02. The fourth-order valence-corrected chi connectivity index (χ4v) is 4.65. The lowest BCUT2D eigenvalue weighted by Crippen LogP contribution is -2.03. The first-order chi connectivity index (χ1) is 19.3. The summed E-state index contributed by atoms with van der Waals surface area (Å²) < 4.78 is 18.4. The van der Waals surface area contributed by atoms with Crippen LogP contribution in [-0.2, 0) is 17.9 Å². The van der Waals surface area contributed by atoms with Gasteiger partial charge in [-0.15, -0.1) is 10.2 Å². The van der Waals surface area contributed by atoms with Gasteiger partial charge >= 0.3 is 5.97 Å². The Hall–Kier alpha value is -4.84. The van der Waals surface area contributed by atoms with E-state index in [1.54, 1.807) is 56.7 Å². The minimum atomic E-state index is -1.11. The Bertz CT molecular complexity index is 1530. The molecule has 1 N–H and O–H groups in total. The molecule has 1 heterocycles. The molecular formula is C28H26N4O7S. The summed E-state index contributed by atoms with van der Waals surface area (Å²) in [6, 6.07) is 18.4. The molecule has 0 aliphatic carbocycles. The molecule has 4 aromatic rings. The Balaban J connectivity index is 1.55. The zero-order valence-electron chi connectivity index (χ0n) is 21.9. The number of ether oxygens (including phenoxy) is 3. The van der Waals surface area contributed by atoms with Gasteiger partial charge in [-0.25, -0.2) is 4.79 Å². The van der Waals surface area contributed by atoms with Crippen molar-refractivity contribution in [3.8, 4) is 28.6 Å². The van der Waals surface area contributed by atoms with Crippen LogP contribution in [-0.4, -0.2) is 45.0 Å². The first-order valence-electron chi connectivity index (χ1n) is 12.1. The molecule has 0 amide bonds. The highest BCUT2D eigenvalue weighted by Crippen LogP contribution is 2.33. The number of nitro benzene ring substituents is 1. The predicted molar refractivity (Wildman–Crippen MR) is 150 cm³/mol. The van der Waals surface area contributed by atoms with Gasteiger partial charge in [-0.1, -0.05) is 12.1 Å². The topological polar surface area (TPSA) is 139 Å². The molecule has 0 radical (unpaired) electrons. The van der Waals surface area contributed by atoms with Gasteiger partial charge in [0, 0.05) is 30.3 Å². The smallest absolute Gasteiger partial charge is 0.342 e. The number of benzene rings is 3. The molecule has 4 rings (SSSR count). The highest BCUT2D eigenvalue weighted by atomic mass is 32.2. The average molecular weight is 563 g/mol. The lowest BCUT2D eigenvalue weighted by molar-refractivity contribution is -0.384. The van der Waals surface area contributed by atoms with E-state index in [4.69, 9.17) is 14.2 Å². The number of carboxylic acids is 1. The number of nitrogens with zero attached hydrogens (tertiary/aromatic N) is 4. The van der Waals surface area contributed by atoms with Gasteiger partial charge in [0.05, 0.1) is 19.1 Å². The molecule has 0 fully saturated rings. The molecule has 0 saturated carbocycles. The van der Waals surface area contributed by atoms with Crippen LogP contribution >= 0.6 is 11.8 Å². The fraction of sp³-hybridized carbons (Fsp3) is 0.179. The van der Waals surface area contributed by atoms with Crippen molar-refractivity contribution < 1.29 is 29.0 Å². The van der Waals surface area contributed by atoms with Crippen LogP contribution in [0.3, 0.4) is 0 Å². The molecule has 206 valence electrons. The normalized spacial score (nSPS) is 11.2. The SMILES string of the molecule is CCn1c(S/C(=C\c2cccc(OCc3ccc([N+](=O)[O-])cc3)c2)C(=O)O)nnc1-c1cc(OC)cc(OC)c1. The van der Waals surface area contributed by atoms with Crippen LogP contribution in [0, 0.1) is 10.1 Å². The molecule has 0 aliphatic rings. The minimum absolute atomic E-state index is 0.00355. The van der Waals surface area contributed by atoms with Gasteiger partial charge in [-0.05, 0) is 72.3 Å². The van der Waals surface area contributed by atoms with Crippen LogP contribution in [0.2, 0.25) is 0 Å². The molecule has 40 heavy (non-hydrogen) atoms. The summed E-state index contributed by atoms with van der Waals surface area (Å²) in [7, 11) is 3.12. The second-order valence-corrected chi connectivity index (χ2v) is 9.36. The molecule has 1 aromatic heterocycles. The van der Waals surface area contributed by atoms with Crippen LogP contribution in [0.5, 0.6) is 17.2 Å². The summed E-state index contributed by atoms with van der Waals surface area (Å²) in [5, 5.41) is 29.8. The quantitative estimate of drug-likeness (QED) is 0.0992. The Morgan fingerprint density at radius 1 is 1.02 bits per heavy atom. The van der Waals surface area contributed by atoms with Crippen molar-refractivity contribution >= 4 is 29.5 Å². The lowest BCUT2D eigenvalue weighted by atomic mass is 10.2. The maximum absolute atomic E-state index is 12.2. The summed E-state index contributed by atoms with van der Waals surface area (Å²) in [6.07, 6.45) is 1.54. The third-order valence-corrected chi connectivity index (χ3v) is 6.76. The summed E-state index contributed by atoms with van der Waals surface area (Å²) in [5.74, 6) is 1.14. The first-order valence-corrected chi connectivity index (χ1v) is 12.9. The third-order valence-electron chi connectivity index (χ3n) is 5.76. The molecule has 0 aliphatic heterocycles. The van der Waals surface area contributed by atoms with E-state index in [0.29, 0.717) is 40.3 Å². The first kappa shape index (κ1) is 28.2. The number of aliphatic carboxylic acids is 1. The molecule has 0 saturated heterocycles. The van der Waals surface area contributed by atoms with Gasteiger partial charge in [0.25, 0.3) is 5.69 Å². The number of non-ortho nitro benzene ring substituents is 1. The molecule has 11 nitrogen and oxygen atoms in total. The molecule has 0 spiro atoms. The monoisotopic (exact) mass is 562 g/mol. The molecule has 12 heteroatoms. The molecular weight excluding hydrogens is 536 g/mol. The van der Waals surface area contributed by atoms with Crippen molar-refractivity contribution in [2.24, 2.45) is 0 Å². The molecule has 0 unspecified atom stereocenters. The molecule has 0 bridgehead atoms. The molecule has 0 atom stereocenters. The highest BCUT2D eigenvalue weighted by molar-refractivity contribution is 8.04. The Morgan fingerprint density at radius 3 is 2.33 bits per heavy atom. The average Bonchev–Trinajstić information content (AvgIpc) is 3.38. The van der Waals surface area contributed by atoms with E-state index in [-0.39, 0.29) is 17.2 Å². The van der Waals surface area contributed by atoms with Gasteiger partial charge in [0.1, 0.15) is 28.8 Å². The number of methoxy groups -OCH3 is 2. The summed E-state index contributed by atoms with van der Waals surface area (Å²) >= 11 is 0.991. The van der Waals surface area contributed by atoms with Gasteiger partial charge in [0.2, 0.25) is 0 Å². The van der Waals surface area contributed by atoms with Crippen molar-refractivity contribution in [3.05, 3.63) is 92.9 Å². The summed E-state index contributed by atoms with van der Waals surface area (Å²) in [6.45, 7) is 2.62. The summed E-state index contributed by atoms with van der Waals surface area (Å²) in [4.78, 5) is 22.6. The number of carbonyl (C=O) groups is 1.